The van der Waals surface area contributed by atoms with E-state index in [-0.39, 0.29) is 23.3 Å². The van der Waals surface area contributed by atoms with Gasteiger partial charge < -0.3 is 19.2 Å². The molecule has 38 heavy (non-hydrogen) atoms. The Balaban J connectivity index is 1.21. The Morgan fingerprint density at radius 3 is 2.39 bits per heavy atom. The molecule has 3 heterocycles. The van der Waals surface area contributed by atoms with E-state index in [1.165, 1.54) is 23.7 Å². The largest absolute Gasteiger partial charge is 0.490 e. The van der Waals surface area contributed by atoms with Gasteiger partial charge in [-0.05, 0) is 12.1 Å². The lowest BCUT2D eigenvalue weighted by molar-refractivity contribution is 0.0667. The van der Waals surface area contributed by atoms with Crippen molar-refractivity contribution in [2.24, 2.45) is 14.1 Å². The summed E-state index contributed by atoms with van der Waals surface area (Å²) in [7, 11) is 3.11. The van der Waals surface area contributed by atoms with Gasteiger partial charge in [0, 0.05) is 64.5 Å². The van der Waals surface area contributed by atoms with Crippen molar-refractivity contribution in [1.29, 1.82) is 0 Å². The topological polar surface area (TPSA) is 110 Å². The predicted molar refractivity (Wildman–Crippen MR) is 145 cm³/mol. The summed E-state index contributed by atoms with van der Waals surface area (Å²) in [4.78, 5) is 41.4. The van der Waals surface area contributed by atoms with Crippen molar-refractivity contribution in [3.8, 4) is 17.1 Å². The van der Waals surface area contributed by atoms with E-state index in [0.29, 0.717) is 61.0 Å². The van der Waals surface area contributed by atoms with Crippen molar-refractivity contribution in [3.63, 3.8) is 0 Å². The third kappa shape index (κ3) is 5.13. The van der Waals surface area contributed by atoms with Crippen LogP contribution in [0.3, 0.4) is 0 Å². The van der Waals surface area contributed by atoms with Crippen molar-refractivity contribution in [3.05, 3.63) is 91.7 Å². The first-order valence-corrected chi connectivity index (χ1v) is 12.5. The number of rotatable bonds is 7. The summed E-state index contributed by atoms with van der Waals surface area (Å²) in [6.07, 6.45) is -0.777. The Labute approximate surface area is 218 Å². The highest BCUT2D eigenvalue weighted by molar-refractivity contribution is 5.84. The lowest BCUT2D eigenvalue weighted by Crippen LogP contribution is -2.51. The molecule has 1 aliphatic heterocycles. The van der Waals surface area contributed by atoms with E-state index < -0.39 is 6.10 Å². The van der Waals surface area contributed by atoms with E-state index in [1.807, 2.05) is 35.2 Å². The summed E-state index contributed by atoms with van der Waals surface area (Å²) in [6, 6.07) is 17.5. The summed E-state index contributed by atoms with van der Waals surface area (Å²) in [5.74, 6) is 1.44. The molecular formula is C28H30N4O6. The van der Waals surface area contributed by atoms with Gasteiger partial charge in [0.15, 0.2) is 5.43 Å². The van der Waals surface area contributed by atoms with E-state index in [1.54, 1.807) is 25.2 Å². The number of piperazine rings is 1. The average Bonchev–Trinajstić information content (AvgIpc) is 2.93. The maximum Gasteiger partial charge on any atom is 0.332 e. The number of aliphatic hydroxyl groups is 1. The van der Waals surface area contributed by atoms with Crippen LogP contribution in [-0.2, 0) is 14.1 Å². The molecule has 1 fully saturated rings. The third-order valence-corrected chi connectivity index (χ3v) is 6.87. The number of aliphatic hydroxyl groups excluding tert-OH is 1. The zero-order valence-electron chi connectivity index (χ0n) is 21.4. The van der Waals surface area contributed by atoms with Crippen LogP contribution in [0.15, 0.2) is 79.5 Å². The van der Waals surface area contributed by atoms with E-state index >= 15 is 0 Å². The second-order valence-corrected chi connectivity index (χ2v) is 9.46. The molecule has 10 heteroatoms. The SMILES string of the molecule is Cn1c(N2CCN(CC(O)COc3cccc4oc(-c5ccccc5)cc(=O)c34)CC2)cc(=O)n(C)c1=O. The minimum atomic E-state index is -0.777. The van der Waals surface area contributed by atoms with Crippen LogP contribution in [0.4, 0.5) is 5.82 Å². The molecule has 198 valence electrons. The third-order valence-electron chi connectivity index (χ3n) is 6.87. The molecule has 1 aliphatic rings. The molecule has 0 amide bonds. The maximum atomic E-state index is 12.9. The van der Waals surface area contributed by atoms with E-state index in [2.05, 4.69) is 4.90 Å². The zero-order valence-corrected chi connectivity index (χ0v) is 21.4. The number of β-amino-alcohol motifs (C(OH)–C–C–N with tert-alkyl or cyclic N) is 1. The Morgan fingerprint density at radius 2 is 1.66 bits per heavy atom. The molecular weight excluding hydrogens is 488 g/mol. The van der Waals surface area contributed by atoms with Gasteiger partial charge in [0.05, 0.1) is 0 Å². The van der Waals surface area contributed by atoms with Crippen molar-refractivity contribution >= 4 is 16.8 Å². The number of hydrogen-bond acceptors (Lipinski definition) is 8. The number of anilines is 1. The summed E-state index contributed by atoms with van der Waals surface area (Å²) in [5.41, 5.74) is 0.324. The average molecular weight is 519 g/mol. The Bertz CT molecular complexity index is 1620. The van der Waals surface area contributed by atoms with Crippen LogP contribution in [0.2, 0.25) is 0 Å². The predicted octanol–water partition coefficient (Wildman–Crippen LogP) is 1.42. The standard InChI is InChI=1S/C28H30N4O6/c1-29-25(16-26(35)30(2)28(29)36)32-13-11-31(12-14-32)17-20(33)18-37-22-9-6-10-23-27(22)21(34)15-24(38-23)19-7-4-3-5-8-19/h3-10,15-16,20,33H,11-14,17-18H2,1-2H3. The smallest absolute Gasteiger partial charge is 0.332 e. The van der Waals surface area contributed by atoms with Gasteiger partial charge in [-0.3, -0.25) is 23.6 Å². The molecule has 1 atom stereocenters. The van der Waals surface area contributed by atoms with Crippen LogP contribution in [-0.4, -0.2) is 64.6 Å². The molecule has 0 saturated carbocycles. The molecule has 1 unspecified atom stereocenters. The molecule has 5 rings (SSSR count). The molecule has 1 saturated heterocycles. The highest BCUT2D eigenvalue weighted by Gasteiger charge is 2.22. The van der Waals surface area contributed by atoms with E-state index in [9.17, 15) is 19.5 Å². The highest BCUT2D eigenvalue weighted by atomic mass is 16.5. The molecule has 1 N–H and O–H groups in total. The number of benzene rings is 2. The number of fused-ring (bicyclic) bond motifs is 1. The lowest BCUT2D eigenvalue weighted by atomic mass is 10.1. The van der Waals surface area contributed by atoms with E-state index in [4.69, 9.17) is 9.15 Å². The maximum absolute atomic E-state index is 12.9. The van der Waals surface area contributed by atoms with Gasteiger partial charge in [0.25, 0.3) is 5.56 Å². The minimum Gasteiger partial charge on any atom is -0.490 e. The Hall–Kier alpha value is -4.15. The van der Waals surface area contributed by atoms with Crippen molar-refractivity contribution in [2.75, 3.05) is 44.2 Å². The molecule has 0 spiro atoms. The van der Waals surface area contributed by atoms with Crippen LogP contribution in [0.25, 0.3) is 22.3 Å². The van der Waals surface area contributed by atoms with Crippen LogP contribution in [0.1, 0.15) is 0 Å². The van der Waals surface area contributed by atoms with Crippen molar-refractivity contribution in [1.82, 2.24) is 14.0 Å². The highest BCUT2D eigenvalue weighted by Crippen LogP contribution is 2.27. The number of aromatic nitrogens is 2. The molecule has 0 radical (unpaired) electrons. The van der Waals surface area contributed by atoms with Crippen LogP contribution < -0.4 is 26.3 Å². The second-order valence-electron chi connectivity index (χ2n) is 9.46. The summed E-state index contributed by atoms with van der Waals surface area (Å²) in [6.45, 7) is 2.94. The molecule has 4 aromatic rings. The van der Waals surface area contributed by atoms with Gasteiger partial charge in [0.2, 0.25) is 0 Å². The molecule has 0 aliphatic carbocycles. The van der Waals surface area contributed by atoms with Gasteiger partial charge in [-0.15, -0.1) is 0 Å². The summed E-state index contributed by atoms with van der Waals surface area (Å²) >= 11 is 0. The Kier molecular flexibility index (Phi) is 7.17. The minimum absolute atomic E-state index is 0.0163. The quantitative estimate of drug-likeness (QED) is 0.391. The van der Waals surface area contributed by atoms with Crippen molar-refractivity contribution in [2.45, 2.75) is 6.10 Å². The molecule has 10 nitrogen and oxygen atoms in total. The number of ether oxygens (including phenoxy) is 1. The van der Waals surface area contributed by atoms with Gasteiger partial charge in [-0.1, -0.05) is 36.4 Å². The number of nitrogens with zero attached hydrogens (tertiary/aromatic N) is 4. The molecule has 2 aromatic heterocycles. The van der Waals surface area contributed by atoms with Gasteiger partial charge >= 0.3 is 5.69 Å². The fraction of sp³-hybridized carbons (Fsp3) is 0.321. The monoisotopic (exact) mass is 518 g/mol. The fourth-order valence-electron chi connectivity index (χ4n) is 4.76. The molecule has 0 bridgehead atoms. The van der Waals surface area contributed by atoms with Crippen molar-refractivity contribution < 1.29 is 14.3 Å². The number of hydrogen-bond donors (Lipinski definition) is 1. The van der Waals surface area contributed by atoms with Gasteiger partial charge in [-0.25, -0.2) is 4.79 Å². The summed E-state index contributed by atoms with van der Waals surface area (Å²) < 4.78 is 14.4. The van der Waals surface area contributed by atoms with E-state index in [0.717, 1.165) is 10.1 Å². The van der Waals surface area contributed by atoms with Gasteiger partial charge in [-0.2, -0.15) is 0 Å². The molecule has 2 aromatic carbocycles. The summed E-state index contributed by atoms with van der Waals surface area (Å²) in [5, 5.41) is 11.0. The zero-order chi connectivity index (χ0) is 26.8. The first kappa shape index (κ1) is 25.5. The van der Waals surface area contributed by atoms with Crippen LogP contribution >= 0.6 is 0 Å². The lowest BCUT2D eigenvalue weighted by Gasteiger charge is -2.37. The second kappa shape index (κ2) is 10.7. The first-order chi connectivity index (χ1) is 18.3. The Morgan fingerprint density at radius 1 is 0.921 bits per heavy atom. The van der Waals surface area contributed by atoms with Crippen LogP contribution in [0.5, 0.6) is 5.75 Å². The normalized spacial score (nSPS) is 15.1. The van der Waals surface area contributed by atoms with Crippen LogP contribution in [0, 0.1) is 0 Å². The first-order valence-electron chi connectivity index (χ1n) is 12.5. The fourth-order valence-corrected chi connectivity index (χ4v) is 4.76. The van der Waals surface area contributed by atoms with Gasteiger partial charge in [0.1, 0.15) is 41.0 Å².